The average molecular weight is 261 g/mol. The van der Waals surface area contributed by atoms with Gasteiger partial charge in [0.05, 0.1) is 16.7 Å². The third-order valence-electron chi connectivity index (χ3n) is 3.35. The van der Waals surface area contributed by atoms with Crippen LogP contribution in [0.1, 0.15) is 31.2 Å². The standard InChI is InChI=1S/C14H19N3O2/c15-14-8-4-2-6-12(16-14)10-9-11-5-1-3-7-13(11)17(18)19/h1,3,5,7,9-10,12,14,16H,2,4,6,8,15H2. The van der Waals surface area contributed by atoms with E-state index in [9.17, 15) is 10.1 Å². The Morgan fingerprint density at radius 2 is 2.05 bits per heavy atom. The van der Waals surface area contributed by atoms with Gasteiger partial charge in [0.25, 0.3) is 5.69 Å². The highest BCUT2D eigenvalue weighted by Crippen LogP contribution is 2.20. The number of rotatable bonds is 3. The summed E-state index contributed by atoms with van der Waals surface area (Å²) in [5.41, 5.74) is 6.69. The highest BCUT2D eigenvalue weighted by molar-refractivity contribution is 5.61. The molecule has 1 aromatic rings. The zero-order valence-corrected chi connectivity index (χ0v) is 10.8. The van der Waals surface area contributed by atoms with E-state index in [1.807, 2.05) is 12.2 Å². The van der Waals surface area contributed by atoms with Crippen LogP contribution in [0.15, 0.2) is 30.3 Å². The summed E-state index contributed by atoms with van der Waals surface area (Å²) in [5, 5.41) is 14.2. The number of nitrogens with one attached hydrogen (secondary N) is 1. The van der Waals surface area contributed by atoms with Crippen molar-refractivity contribution >= 4 is 11.8 Å². The lowest BCUT2D eigenvalue weighted by Gasteiger charge is -2.15. The summed E-state index contributed by atoms with van der Waals surface area (Å²) in [7, 11) is 0. The van der Waals surface area contributed by atoms with Crippen molar-refractivity contribution in [3.8, 4) is 0 Å². The molecule has 0 bridgehead atoms. The van der Waals surface area contributed by atoms with E-state index in [-0.39, 0.29) is 22.8 Å². The summed E-state index contributed by atoms with van der Waals surface area (Å²) in [6, 6.07) is 6.95. The number of hydrogen-bond donors (Lipinski definition) is 2. The molecule has 1 aliphatic heterocycles. The topological polar surface area (TPSA) is 81.2 Å². The third kappa shape index (κ3) is 3.87. The molecule has 0 amide bonds. The Labute approximate surface area is 112 Å². The van der Waals surface area contributed by atoms with Gasteiger partial charge in [-0.05, 0) is 18.9 Å². The normalized spacial score (nSPS) is 24.3. The first-order valence-electron chi connectivity index (χ1n) is 6.60. The first-order valence-corrected chi connectivity index (χ1v) is 6.60. The van der Waals surface area contributed by atoms with Crippen molar-refractivity contribution in [3.05, 3.63) is 46.0 Å². The molecule has 1 aromatic carbocycles. The third-order valence-corrected chi connectivity index (χ3v) is 3.35. The van der Waals surface area contributed by atoms with Gasteiger partial charge >= 0.3 is 0 Å². The van der Waals surface area contributed by atoms with Gasteiger partial charge < -0.3 is 5.73 Å². The van der Waals surface area contributed by atoms with Crippen molar-refractivity contribution in [2.45, 2.75) is 37.9 Å². The van der Waals surface area contributed by atoms with Gasteiger partial charge in [-0.3, -0.25) is 15.4 Å². The minimum Gasteiger partial charge on any atom is -0.316 e. The smallest absolute Gasteiger partial charge is 0.276 e. The lowest BCUT2D eigenvalue weighted by molar-refractivity contribution is -0.385. The summed E-state index contributed by atoms with van der Waals surface area (Å²) in [4.78, 5) is 10.6. The van der Waals surface area contributed by atoms with E-state index >= 15 is 0 Å². The fraction of sp³-hybridized carbons (Fsp3) is 0.429. The summed E-state index contributed by atoms with van der Waals surface area (Å²) < 4.78 is 0. The molecule has 0 aromatic heterocycles. The van der Waals surface area contributed by atoms with Gasteiger partial charge in [-0.25, -0.2) is 0 Å². The van der Waals surface area contributed by atoms with E-state index < -0.39 is 0 Å². The fourth-order valence-corrected chi connectivity index (χ4v) is 2.34. The molecule has 1 aliphatic rings. The van der Waals surface area contributed by atoms with Crippen LogP contribution in [0.3, 0.4) is 0 Å². The van der Waals surface area contributed by atoms with Crippen molar-refractivity contribution in [1.29, 1.82) is 0 Å². The van der Waals surface area contributed by atoms with Crippen LogP contribution in [0, 0.1) is 10.1 Å². The van der Waals surface area contributed by atoms with Crippen LogP contribution in [0.4, 0.5) is 5.69 Å². The number of para-hydroxylation sites is 1. The molecule has 0 spiro atoms. The molecule has 19 heavy (non-hydrogen) atoms. The average Bonchev–Trinajstić information content (AvgIpc) is 2.61. The van der Waals surface area contributed by atoms with Crippen molar-refractivity contribution < 1.29 is 4.92 Å². The van der Waals surface area contributed by atoms with Crippen LogP contribution in [-0.2, 0) is 0 Å². The van der Waals surface area contributed by atoms with Crippen molar-refractivity contribution in [1.82, 2.24) is 5.32 Å². The van der Waals surface area contributed by atoms with Crippen molar-refractivity contribution in [3.63, 3.8) is 0 Å². The zero-order chi connectivity index (χ0) is 13.7. The maximum atomic E-state index is 10.9. The summed E-state index contributed by atoms with van der Waals surface area (Å²) >= 11 is 0. The molecule has 0 radical (unpaired) electrons. The SMILES string of the molecule is NC1CCCCC(C=Cc2ccccc2[N+](=O)[O-])N1. The first-order chi connectivity index (χ1) is 9.16. The Morgan fingerprint density at radius 3 is 2.84 bits per heavy atom. The highest BCUT2D eigenvalue weighted by atomic mass is 16.6. The predicted octanol–water partition coefficient (Wildman–Crippen LogP) is 2.42. The molecule has 2 unspecified atom stereocenters. The van der Waals surface area contributed by atoms with Gasteiger partial charge in [-0.1, -0.05) is 37.1 Å². The van der Waals surface area contributed by atoms with Crippen LogP contribution in [0.25, 0.3) is 6.08 Å². The van der Waals surface area contributed by atoms with E-state index in [1.54, 1.807) is 18.2 Å². The van der Waals surface area contributed by atoms with Gasteiger partial charge in [0.1, 0.15) is 0 Å². The van der Waals surface area contributed by atoms with Gasteiger partial charge in [-0.15, -0.1) is 0 Å². The van der Waals surface area contributed by atoms with Crippen LogP contribution in [-0.4, -0.2) is 17.1 Å². The Kier molecular flexibility index (Phi) is 4.65. The van der Waals surface area contributed by atoms with Gasteiger partial charge in [0.15, 0.2) is 0 Å². The minimum atomic E-state index is -0.355. The van der Waals surface area contributed by atoms with Crippen LogP contribution in [0.5, 0.6) is 0 Å². The molecule has 5 nitrogen and oxygen atoms in total. The molecule has 0 saturated carbocycles. The molecule has 5 heteroatoms. The summed E-state index contributed by atoms with van der Waals surface area (Å²) in [5.74, 6) is 0. The quantitative estimate of drug-likeness (QED) is 0.646. The molecule has 2 rings (SSSR count). The maximum absolute atomic E-state index is 10.9. The second-order valence-electron chi connectivity index (χ2n) is 4.84. The fourth-order valence-electron chi connectivity index (χ4n) is 2.34. The molecule has 1 heterocycles. The number of benzene rings is 1. The predicted molar refractivity (Wildman–Crippen MR) is 75.5 cm³/mol. The van der Waals surface area contributed by atoms with Gasteiger partial charge in [0.2, 0.25) is 0 Å². The molecular formula is C14H19N3O2. The van der Waals surface area contributed by atoms with Crippen LogP contribution >= 0.6 is 0 Å². The van der Waals surface area contributed by atoms with E-state index in [0.717, 1.165) is 25.7 Å². The Morgan fingerprint density at radius 1 is 1.32 bits per heavy atom. The molecule has 102 valence electrons. The number of nitrogens with two attached hydrogens (primary N) is 1. The van der Waals surface area contributed by atoms with E-state index in [1.165, 1.54) is 6.07 Å². The molecule has 3 N–H and O–H groups in total. The van der Waals surface area contributed by atoms with Crippen molar-refractivity contribution in [2.24, 2.45) is 5.73 Å². The molecular weight excluding hydrogens is 242 g/mol. The molecule has 1 fully saturated rings. The zero-order valence-electron chi connectivity index (χ0n) is 10.8. The number of nitro benzene ring substituents is 1. The largest absolute Gasteiger partial charge is 0.316 e. The van der Waals surface area contributed by atoms with E-state index in [4.69, 9.17) is 5.73 Å². The first kappa shape index (κ1) is 13.7. The second-order valence-corrected chi connectivity index (χ2v) is 4.84. The molecule has 2 atom stereocenters. The molecule has 1 saturated heterocycles. The number of nitrogens with zero attached hydrogens (tertiary/aromatic N) is 1. The van der Waals surface area contributed by atoms with Gasteiger partial charge in [-0.2, -0.15) is 0 Å². The van der Waals surface area contributed by atoms with Crippen LogP contribution < -0.4 is 11.1 Å². The van der Waals surface area contributed by atoms with E-state index in [0.29, 0.717) is 5.56 Å². The highest BCUT2D eigenvalue weighted by Gasteiger charge is 2.15. The molecule has 0 aliphatic carbocycles. The second kappa shape index (κ2) is 6.45. The monoisotopic (exact) mass is 261 g/mol. The number of hydrogen-bond acceptors (Lipinski definition) is 4. The Balaban J connectivity index is 2.11. The maximum Gasteiger partial charge on any atom is 0.276 e. The summed E-state index contributed by atoms with van der Waals surface area (Å²) in [6.07, 6.45) is 8.07. The lowest BCUT2D eigenvalue weighted by Crippen LogP contribution is -2.41. The lowest BCUT2D eigenvalue weighted by atomic mass is 10.1. The minimum absolute atomic E-state index is 0.0166. The Bertz CT molecular complexity index is 474. The van der Waals surface area contributed by atoms with E-state index in [2.05, 4.69) is 5.32 Å². The summed E-state index contributed by atoms with van der Waals surface area (Å²) in [6.45, 7) is 0. The van der Waals surface area contributed by atoms with Crippen molar-refractivity contribution in [2.75, 3.05) is 0 Å². The number of nitro groups is 1. The Hall–Kier alpha value is -1.72. The van der Waals surface area contributed by atoms with Crippen LogP contribution in [0.2, 0.25) is 0 Å². The van der Waals surface area contributed by atoms with Gasteiger partial charge in [0, 0.05) is 12.1 Å².